The number of hydrogen-bond acceptors (Lipinski definition) is 3. The van der Waals surface area contributed by atoms with Gasteiger partial charge in [0.05, 0.1) is 0 Å². The van der Waals surface area contributed by atoms with Crippen molar-refractivity contribution >= 4 is 23.5 Å². The summed E-state index contributed by atoms with van der Waals surface area (Å²) in [5.41, 5.74) is 7.22. The third kappa shape index (κ3) is 3.43. The van der Waals surface area contributed by atoms with Crippen molar-refractivity contribution in [3.8, 4) is 0 Å². The first-order valence-corrected chi connectivity index (χ1v) is 8.55. The molecule has 0 unspecified atom stereocenters. The van der Waals surface area contributed by atoms with E-state index in [0.717, 1.165) is 5.92 Å². The molecule has 2 rings (SSSR count). The van der Waals surface area contributed by atoms with Crippen molar-refractivity contribution in [1.82, 2.24) is 0 Å². The van der Waals surface area contributed by atoms with E-state index in [-0.39, 0.29) is 0 Å². The molecule has 0 saturated heterocycles. The average molecular weight is 267 g/mol. The number of benzene rings is 1. The highest BCUT2D eigenvalue weighted by Crippen LogP contribution is 2.34. The maximum atomic E-state index is 5.88. The van der Waals surface area contributed by atoms with Gasteiger partial charge in [-0.05, 0) is 42.7 Å². The van der Waals surface area contributed by atoms with E-state index in [1.54, 1.807) is 11.8 Å². The van der Waals surface area contributed by atoms with Gasteiger partial charge in [-0.25, -0.2) is 0 Å². The van der Waals surface area contributed by atoms with E-state index in [4.69, 9.17) is 5.73 Å². The zero-order chi connectivity index (χ0) is 12.1. The van der Waals surface area contributed by atoms with Gasteiger partial charge >= 0.3 is 0 Å². The second-order valence-electron chi connectivity index (χ2n) is 4.60. The van der Waals surface area contributed by atoms with Gasteiger partial charge in [-0.15, -0.1) is 23.5 Å². The van der Waals surface area contributed by atoms with Crippen molar-refractivity contribution in [2.75, 3.05) is 12.0 Å². The van der Waals surface area contributed by atoms with Crippen LogP contribution in [-0.2, 0) is 6.54 Å². The predicted octanol–water partition coefficient (Wildman–Crippen LogP) is 4.15. The lowest BCUT2D eigenvalue weighted by Crippen LogP contribution is -2.02. The number of nitrogens with two attached hydrogens (primary N) is 1. The third-order valence-electron chi connectivity index (χ3n) is 3.46. The van der Waals surface area contributed by atoms with E-state index >= 15 is 0 Å². The fraction of sp³-hybridized carbons (Fsp3) is 0.571. The molecule has 0 amide bonds. The van der Waals surface area contributed by atoms with Crippen LogP contribution in [0.15, 0.2) is 28.0 Å². The quantitative estimate of drug-likeness (QED) is 0.812. The normalized spacial score (nSPS) is 16.6. The minimum atomic E-state index is 0.657. The molecule has 0 radical (unpaired) electrons. The van der Waals surface area contributed by atoms with Crippen LogP contribution in [0.1, 0.15) is 31.2 Å². The molecule has 1 aliphatic rings. The Morgan fingerprint density at radius 2 is 1.94 bits per heavy atom. The second kappa shape index (κ2) is 6.72. The molecular formula is C14H21NS2. The molecule has 17 heavy (non-hydrogen) atoms. The van der Waals surface area contributed by atoms with Crippen molar-refractivity contribution < 1.29 is 0 Å². The van der Waals surface area contributed by atoms with Gasteiger partial charge in [0.1, 0.15) is 0 Å². The largest absolute Gasteiger partial charge is 0.326 e. The minimum absolute atomic E-state index is 0.657. The topological polar surface area (TPSA) is 26.0 Å². The predicted molar refractivity (Wildman–Crippen MR) is 78.8 cm³/mol. The number of thioether (sulfide) groups is 2. The molecule has 0 aromatic heterocycles. The molecule has 94 valence electrons. The van der Waals surface area contributed by atoms with Gasteiger partial charge in [0.15, 0.2) is 0 Å². The first-order valence-electron chi connectivity index (χ1n) is 6.34. The summed E-state index contributed by atoms with van der Waals surface area (Å²) in [6.45, 7) is 0.657. The lowest BCUT2D eigenvalue weighted by atomic mass is 10.1. The van der Waals surface area contributed by atoms with Crippen LogP contribution in [0, 0.1) is 5.92 Å². The van der Waals surface area contributed by atoms with E-state index in [0.29, 0.717) is 6.54 Å². The van der Waals surface area contributed by atoms with E-state index in [2.05, 4.69) is 24.5 Å². The highest BCUT2D eigenvalue weighted by atomic mass is 32.2. The highest BCUT2D eigenvalue weighted by Gasteiger charge is 2.16. The van der Waals surface area contributed by atoms with Crippen LogP contribution in [0.3, 0.4) is 0 Å². The van der Waals surface area contributed by atoms with Crippen molar-refractivity contribution in [1.29, 1.82) is 0 Å². The molecule has 1 saturated carbocycles. The van der Waals surface area contributed by atoms with E-state index in [1.807, 2.05) is 11.8 Å². The highest BCUT2D eigenvalue weighted by molar-refractivity contribution is 7.99. The Hall–Kier alpha value is -0.120. The zero-order valence-electron chi connectivity index (χ0n) is 10.4. The SMILES string of the molecule is CSc1cccc(SCC2CCCC2)c1CN. The van der Waals surface area contributed by atoms with Crippen molar-refractivity contribution in [2.24, 2.45) is 11.7 Å². The van der Waals surface area contributed by atoms with Gasteiger partial charge in [0, 0.05) is 22.1 Å². The van der Waals surface area contributed by atoms with Crippen molar-refractivity contribution in [2.45, 2.75) is 42.0 Å². The Morgan fingerprint density at radius 1 is 1.24 bits per heavy atom. The van der Waals surface area contributed by atoms with Crippen LogP contribution < -0.4 is 5.73 Å². The molecular weight excluding hydrogens is 246 g/mol. The molecule has 1 aromatic carbocycles. The Labute approximate surface area is 113 Å². The monoisotopic (exact) mass is 267 g/mol. The molecule has 3 heteroatoms. The van der Waals surface area contributed by atoms with Crippen LogP contribution in [-0.4, -0.2) is 12.0 Å². The van der Waals surface area contributed by atoms with Crippen LogP contribution in [0.4, 0.5) is 0 Å². The first-order chi connectivity index (χ1) is 8.35. The van der Waals surface area contributed by atoms with Gasteiger partial charge in [-0.2, -0.15) is 0 Å². The molecule has 0 aliphatic heterocycles. The molecule has 0 bridgehead atoms. The van der Waals surface area contributed by atoms with E-state index < -0.39 is 0 Å². The van der Waals surface area contributed by atoms with Gasteiger partial charge in [-0.1, -0.05) is 18.9 Å². The Bertz CT molecular complexity index is 359. The summed E-state index contributed by atoms with van der Waals surface area (Å²) >= 11 is 3.80. The maximum Gasteiger partial charge on any atom is 0.0200 e. The summed E-state index contributed by atoms with van der Waals surface area (Å²) in [5.74, 6) is 2.20. The molecule has 1 aliphatic carbocycles. The number of hydrogen-bond donors (Lipinski definition) is 1. The fourth-order valence-electron chi connectivity index (χ4n) is 2.46. The smallest absolute Gasteiger partial charge is 0.0200 e. The second-order valence-corrected chi connectivity index (χ2v) is 6.51. The van der Waals surface area contributed by atoms with Crippen molar-refractivity contribution in [3.63, 3.8) is 0 Å². The fourth-order valence-corrected chi connectivity index (χ4v) is 4.47. The van der Waals surface area contributed by atoms with Gasteiger partial charge in [0.25, 0.3) is 0 Å². The summed E-state index contributed by atoms with van der Waals surface area (Å²) in [7, 11) is 0. The molecule has 0 spiro atoms. The van der Waals surface area contributed by atoms with Crippen molar-refractivity contribution in [3.05, 3.63) is 23.8 Å². The summed E-state index contributed by atoms with van der Waals surface area (Å²) in [6.07, 6.45) is 7.83. The lowest BCUT2D eigenvalue weighted by Gasteiger charge is -2.13. The van der Waals surface area contributed by atoms with Gasteiger partial charge in [-0.3, -0.25) is 0 Å². The number of rotatable bonds is 5. The summed E-state index contributed by atoms with van der Waals surface area (Å²) in [4.78, 5) is 2.73. The van der Waals surface area contributed by atoms with Crippen LogP contribution in [0.2, 0.25) is 0 Å². The van der Waals surface area contributed by atoms with Crippen LogP contribution in [0.25, 0.3) is 0 Å². The summed E-state index contributed by atoms with van der Waals surface area (Å²) in [5, 5.41) is 0. The summed E-state index contributed by atoms with van der Waals surface area (Å²) < 4.78 is 0. The lowest BCUT2D eigenvalue weighted by molar-refractivity contribution is 0.623. The maximum absolute atomic E-state index is 5.88. The molecule has 0 heterocycles. The van der Waals surface area contributed by atoms with Crippen LogP contribution in [0.5, 0.6) is 0 Å². The third-order valence-corrected chi connectivity index (χ3v) is 5.62. The van der Waals surface area contributed by atoms with Gasteiger partial charge < -0.3 is 5.73 Å². The van der Waals surface area contributed by atoms with E-state index in [1.165, 1.54) is 46.8 Å². The molecule has 1 fully saturated rings. The average Bonchev–Trinajstić information content (AvgIpc) is 2.88. The molecule has 0 atom stereocenters. The molecule has 1 nitrogen and oxygen atoms in total. The molecule has 2 N–H and O–H groups in total. The standard InChI is InChI=1S/C14H21NS2/c1-16-13-7-4-8-14(12(13)9-15)17-10-11-5-2-3-6-11/h4,7-8,11H,2-3,5-6,9-10,15H2,1H3. The molecule has 1 aromatic rings. The minimum Gasteiger partial charge on any atom is -0.326 e. The van der Waals surface area contributed by atoms with Gasteiger partial charge in [0.2, 0.25) is 0 Å². The summed E-state index contributed by atoms with van der Waals surface area (Å²) in [6, 6.07) is 6.55. The zero-order valence-corrected chi connectivity index (χ0v) is 12.1. The first kappa shape index (κ1) is 13.3. The van der Waals surface area contributed by atoms with E-state index in [9.17, 15) is 0 Å². The Balaban J connectivity index is 2.03. The Morgan fingerprint density at radius 3 is 2.59 bits per heavy atom. The van der Waals surface area contributed by atoms with Crippen LogP contribution >= 0.6 is 23.5 Å². The Kier molecular flexibility index (Phi) is 5.26.